The number of halogens is 1. The molecule has 0 aliphatic heterocycles. The third kappa shape index (κ3) is 3.39. The SMILES string of the molecule is CSCCN(C)c1ccc(F)cc1[C@@H](C)O. The summed E-state index contributed by atoms with van der Waals surface area (Å²) >= 11 is 1.76. The highest BCUT2D eigenvalue weighted by atomic mass is 32.2. The van der Waals surface area contributed by atoms with Gasteiger partial charge in [-0.2, -0.15) is 11.8 Å². The molecule has 0 spiro atoms. The van der Waals surface area contributed by atoms with Gasteiger partial charge in [-0.05, 0) is 31.4 Å². The summed E-state index contributed by atoms with van der Waals surface area (Å²) in [6, 6.07) is 4.55. The topological polar surface area (TPSA) is 23.5 Å². The van der Waals surface area contributed by atoms with Crippen LogP contribution in [-0.4, -0.2) is 30.7 Å². The number of rotatable bonds is 5. The number of aliphatic hydroxyl groups is 1. The molecule has 0 aliphatic carbocycles. The summed E-state index contributed by atoms with van der Waals surface area (Å²) in [7, 11) is 1.95. The van der Waals surface area contributed by atoms with Crippen molar-refractivity contribution in [3.63, 3.8) is 0 Å². The van der Waals surface area contributed by atoms with Gasteiger partial charge in [-0.25, -0.2) is 4.39 Å². The number of benzene rings is 1. The second kappa shape index (κ2) is 6.11. The van der Waals surface area contributed by atoms with Gasteiger partial charge in [0.05, 0.1) is 6.10 Å². The van der Waals surface area contributed by atoms with Gasteiger partial charge in [-0.1, -0.05) is 0 Å². The molecule has 0 heterocycles. The predicted molar refractivity (Wildman–Crippen MR) is 68.7 cm³/mol. The summed E-state index contributed by atoms with van der Waals surface area (Å²) in [6.07, 6.45) is 1.40. The minimum Gasteiger partial charge on any atom is -0.389 e. The van der Waals surface area contributed by atoms with Crippen molar-refractivity contribution in [1.29, 1.82) is 0 Å². The van der Waals surface area contributed by atoms with Gasteiger partial charge in [-0.3, -0.25) is 0 Å². The zero-order valence-electron chi connectivity index (χ0n) is 9.90. The Morgan fingerprint density at radius 3 is 2.75 bits per heavy atom. The Morgan fingerprint density at radius 1 is 1.50 bits per heavy atom. The zero-order valence-corrected chi connectivity index (χ0v) is 10.7. The highest BCUT2D eigenvalue weighted by Crippen LogP contribution is 2.26. The second-order valence-electron chi connectivity index (χ2n) is 3.79. The summed E-state index contributed by atoms with van der Waals surface area (Å²) in [5, 5.41) is 9.60. The van der Waals surface area contributed by atoms with E-state index in [1.54, 1.807) is 24.8 Å². The quantitative estimate of drug-likeness (QED) is 0.860. The molecule has 2 nitrogen and oxygen atoms in total. The molecule has 16 heavy (non-hydrogen) atoms. The van der Waals surface area contributed by atoms with Crippen LogP contribution in [0.1, 0.15) is 18.6 Å². The molecule has 1 atom stereocenters. The lowest BCUT2D eigenvalue weighted by atomic mass is 10.1. The van der Waals surface area contributed by atoms with Gasteiger partial charge in [0.2, 0.25) is 0 Å². The smallest absolute Gasteiger partial charge is 0.123 e. The summed E-state index contributed by atoms with van der Waals surface area (Å²) in [4.78, 5) is 2.04. The Morgan fingerprint density at radius 2 is 2.19 bits per heavy atom. The molecule has 0 bridgehead atoms. The van der Waals surface area contributed by atoms with Crippen LogP contribution in [0.2, 0.25) is 0 Å². The third-order valence-electron chi connectivity index (χ3n) is 2.48. The van der Waals surface area contributed by atoms with E-state index >= 15 is 0 Å². The molecular weight excluding hydrogens is 225 g/mol. The molecule has 0 aliphatic rings. The van der Waals surface area contributed by atoms with Gasteiger partial charge in [-0.15, -0.1) is 0 Å². The van der Waals surface area contributed by atoms with E-state index in [-0.39, 0.29) is 5.82 Å². The first-order valence-corrected chi connectivity index (χ1v) is 6.63. The largest absolute Gasteiger partial charge is 0.389 e. The zero-order chi connectivity index (χ0) is 12.1. The molecule has 1 rings (SSSR count). The van der Waals surface area contributed by atoms with Crippen molar-refractivity contribution in [2.75, 3.05) is 30.5 Å². The summed E-state index contributed by atoms with van der Waals surface area (Å²) in [6.45, 7) is 2.53. The standard InChI is InChI=1S/C12H18FNOS/c1-9(15)11-8-10(13)4-5-12(11)14(2)6-7-16-3/h4-5,8-9,15H,6-7H2,1-3H3/t9-/m1/s1. The molecule has 1 aromatic carbocycles. The summed E-state index contributed by atoms with van der Waals surface area (Å²) < 4.78 is 13.1. The third-order valence-corrected chi connectivity index (χ3v) is 3.07. The van der Waals surface area contributed by atoms with E-state index in [9.17, 15) is 9.50 Å². The normalized spacial score (nSPS) is 12.6. The molecule has 4 heteroatoms. The minimum absolute atomic E-state index is 0.307. The maximum atomic E-state index is 13.1. The van der Waals surface area contributed by atoms with Gasteiger partial charge in [0.25, 0.3) is 0 Å². The van der Waals surface area contributed by atoms with E-state index in [1.165, 1.54) is 12.1 Å². The minimum atomic E-state index is -0.651. The number of thioether (sulfide) groups is 1. The van der Waals surface area contributed by atoms with Gasteiger partial charge >= 0.3 is 0 Å². The predicted octanol–water partition coefficient (Wildman–Crippen LogP) is 2.68. The number of hydrogen-bond donors (Lipinski definition) is 1. The van der Waals surface area contributed by atoms with E-state index in [4.69, 9.17) is 0 Å². The highest BCUT2D eigenvalue weighted by molar-refractivity contribution is 7.98. The number of aliphatic hydroxyl groups excluding tert-OH is 1. The molecule has 0 saturated heterocycles. The number of nitrogens with zero attached hydrogens (tertiary/aromatic N) is 1. The summed E-state index contributed by atoms with van der Waals surface area (Å²) in [5.41, 5.74) is 1.54. The van der Waals surface area contributed by atoms with Crippen molar-refractivity contribution in [2.45, 2.75) is 13.0 Å². The van der Waals surface area contributed by atoms with Crippen LogP contribution < -0.4 is 4.90 Å². The first-order valence-electron chi connectivity index (χ1n) is 5.24. The molecule has 0 unspecified atom stereocenters. The Bertz CT molecular complexity index is 344. The molecule has 1 N–H and O–H groups in total. The Kier molecular flexibility index (Phi) is 5.09. The van der Waals surface area contributed by atoms with Crippen molar-refractivity contribution in [3.8, 4) is 0 Å². The lowest BCUT2D eigenvalue weighted by Gasteiger charge is -2.23. The van der Waals surface area contributed by atoms with Crippen LogP contribution >= 0.6 is 11.8 Å². The van der Waals surface area contributed by atoms with Crippen LogP contribution in [-0.2, 0) is 0 Å². The van der Waals surface area contributed by atoms with Crippen LogP contribution in [0.15, 0.2) is 18.2 Å². The first kappa shape index (κ1) is 13.3. The lowest BCUT2D eigenvalue weighted by molar-refractivity contribution is 0.199. The van der Waals surface area contributed by atoms with Crippen molar-refractivity contribution < 1.29 is 9.50 Å². The van der Waals surface area contributed by atoms with Crippen LogP contribution in [0.25, 0.3) is 0 Å². The van der Waals surface area contributed by atoms with Crippen LogP contribution in [0.4, 0.5) is 10.1 Å². The van der Waals surface area contributed by atoms with Gasteiger partial charge in [0, 0.05) is 30.6 Å². The molecule has 0 amide bonds. The number of anilines is 1. The Hall–Kier alpha value is -0.740. The fraction of sp³-hybridized carbons (Fsp3) is 0.500. The lowest BCUT2D eigenvalue weighted by Crippen LogP contribution is -2.22. The van der Waals surface area contributed by atoms with Crippen molar-refractivity contribution in [3.05, 3.63) is 29.6 Å². The first-order chi connectivity index (χ1) is 7.56. The fourth-order valence-electron chi connectivity index (χ4n) is 1.56. The Labute approximate surface area is 100 Å². The molecule has 0 fully saturated rings. The van der Waals surface area contributed by atoms with Crippen LogP contribution in [0.3, 0.4) is 0 Å². The average Bonchev–Trinajstić information content (AvgIpc) is 2.25. The second-order valence-corrected chi connectivity index (χ2v) is 4.78. The van der Waals surface area contributed by atoms with E-state index in [2.05, 4.69) is 0 Å². The molecule has 0 radical (unpaired) electrons. The van der Waals surface area contributed by atoms with E-state index in [0.717, 1.165) is 18.0 Å². The van der Waals surface area contributed by atoms with Crippen molar-refractivity contribution >= 4 is 17.4 Å². The summed E-state index contributed by atoms with van der Waals surface area (Å²) in [5.74, 6) is 0.700. The van der Waals surface area contributed by atoms with Gasteiger partial charge in [0.1, 0.15) is 5.82 Å². The fourth-order valence-corrected chi connectivity index (χ4v) is 2.01. The van der Waals surface area contributed by atoms with Crippen LogP contribution in [0.5, 0.6) is 0 Å². The highest BCUT2D eigenvalue weighted by Gasteiger charge is 2.12. The average molecular weight is 243 g/mol. The van der Waals surface area contributed by atoms with E-state index in [1.807, 2.05) is 18.2 Å². The van der Waals surface area contributed by atoms with E-state index in [0.29, 0.717) is 5.56 Å². The monoisotopic (exact) mass is 243 g/mol. The van der Waals surface area contributed by atoms with Crippen LogP contribution in [0, 0.1) is 5.82 Å². The van der Waals surface area contributed by atoms with E-state index < -0.39 is 6.10 Å². The molecular formula is C12H18FNOS. The maximum absolute atomic E-state index is 13.1. The Balaban J connectivity index is 2.93. The molecule has 0 aromatic heterocycles. The molecule has 90 valence electrons. The number of hydrogen-bond acceptors (Lipinski definition) is 3. The molecule has 1 aromatic rings. The van der Waals surface area contributed by atoms with Crippen molar-refractivity contribution in [1.82, 2.24) is 0 Å². The molecule has 0 saturated carbocycles. The van der Waals surface area contributed by atoms with Gasteiger partial charge < -0.3 is 10.0 Å². The maximum Gasteiger partial charge on any atom is 0.123 e. The van der Waals surface area contributed by atoms with Crippen molar-refractivity contribution in [2.24, 2.45) is 0 Å². The van der Waals surface area contributed by atoms with Gasteiger partial charge in [0.15, 0.2) is 0 Å².